The van der Waals surface area contributed by atoms with Gasteiger partial charge in [0, 0.05) is 0 Å². The highest BCUT2D eigenvalue weighted by molar-refractivity contribution is 6.35. The van der Waals surface area contributed by atoms with Crippen LogP contribution < -0.4 is 5.56 Å². The molecule has 1 heterocycles. The van der Waals surface area contributed by atoms with E-state index in [1.807, 2.05) is 0 Å². The molecule has 0 saturated heterocycles. The third kappa shape index (κ3) is 1.54. The van der Waals surface area contributed by atoms with Gasteiger partial charge < -0.3 is 5.11 Å². The van der Waals surface area contributed by atoms with Gasteiger partial charge in [0.25, 0.3) is 5.56 Å². The van der Waals surface area contributed by atoms with E-state index in [2.05, 4.69) is 4.98 Å². The first-order chi connectivity index (χ1) is 7.52. The van der Waals surface area contributed by atoms with Crippen LogP contribution in [0, 0.1) is 0 Å². The first-order valence-electron chi connectivity index (χ1n) is 4.12. The highest BCUT2D eigenvalue weighted by Crippen LogP contribution is 2.19. The molecular formula is C9H4Cl2N2O3. The summed E-state index contributed by atoms with van der Waals surface area (Å²) in [5.74, 6) is 0. The van der Waals surface area contributed by atoms with Crippen molar-refractivity contribution in [2.24, 2.45) is 0 Å². The molecular weight excluding hydrogens is 255 g/mol. The largest absolute Gasteiger partial charge is 0.464 e. The number of benzene rings is 1. The maximum Gasteiger partial charge on any atom is 0.421 e. The average molecular weight is 259 g/mol. The summed E-state index contributed by atoms with van der Waals surface area (Å²) in [5.41, 5.74) is -0.534. The number of halogens is 2. The summed E-state index contributed by atoms with van der Waals surface area (Å²) in [6.45, 7) is 0. The van der Waals surface area contributed by atoms with Crippen LogP contribution in [-0.4, -0.2) is 20.8 Å². The van der Waals surface area contributed by atoms with Crippen molar-refractivity contribution < 1.29 is 9.90 Å². The standard InChI is InChI=1S/C9H4Cl2N2O3/c10-4-2-1-3-5-6(4)7(14)13(9(15)16)8(11)12-5/h1-3H,(H,15,16). The fourth-order valence-electron chi connectivity index (χ4n) is 1.33. The molecule has 16 heavy (non-hydrogen) atoms. The van der Waals surface area contributed by atoms with E-state index in [0.717, 1.165) is 0 Å². The first-order valence-corrected chi connectivity index (χ1v) is 4.88. The number of hydrogen-bond acceptors (Lipinski definition) is 3. The lowest BCUT2D eigenvalue weighted by atomic mass is 10.2. The van der Waals surface area contributed by atoms with Gasteiger partial charge in [-0.15, -0.1) is 0 Å². The first kappa shape index (κ1) is 10.9. The molecule has 2 rings (SSSR count). The van der Waals surface area contributed by atoms with E-state index in [0.29, 0.717) is 4.57 Å². The third-order valence-corrected chi connectivity index (χ3v) is 2.57. The molecule has 0 bridgehead atoms. The molecule has 0 amide bonds. The van der Waals surface area contributed by atoms with Gasteiger partial charge in [0.05, 0.1) is 15.9 Å². The van der Waals surface area contributed by atoms with Crippen molar-refractivity contribution >= 4 is 40.2 Å². The minimum absolute atomic E-state index is 0.0379. The topological polar surface area (TPSA) is 72.2 Å². The molecule has 1 aromatic carbocycles. The second-order valence-corrected chi connectivity index (χ2v) is 3.68. The van der Waals surface area contributed by atoms with Crippen LogP contribution in [0.25, 0.3) is 10.9 Å². The zero-order chi connectivity index (χ0) is 11.9. The van der Waals surface area contributed by atoms with Crippen molar-refractivity contribution in [3.63, 3.8) is 0 Å². The van der Waals surface area contributed by atoms with E-state index >= 15 is 0 Å². The van der Waals surface area contributed by atoms with Gasteiger partial charge in [0.15, 0.2) is 0 Å². The Labute approximate surface area is 98.9 Å². The molecule has 7 heteroatoms. The van der Waals surface area contributed by atoms with Gasteiger partial charge in [0.2, 0.25) is 5.28 Å². The third-order valence-electron chi connectivity index (χ3n) is 2.00. The normalized spacial score (nSPS) is 10.6. The van der Waals surface area contributed by atoms with E-state index in [9.17, 15) is 9.59 Å². The Bertz CT molecular complexity index is 651. The van der Waals surface area contributed by atoms with Crippen molar-refractivity contribution in [3.05, 3.63) is 38.9 Å². The van der Waals surface area contributed by atoms with Gasteiger partial charge >= 0.3 is 6.09 Å². The second-order valence-electron chi connectivity index (χ2n) is 2.94. The Hall–Kier alpha value is -1.59. The highest BCUT2D eigenvalue weighted by atomic mass is 35.5. The van der Waals surface area contributed by atoms with Crippen LogP contribution >= 0.6 is 23.2 Å². The lowest BCUT2D eigenvalue weighted by Gasteiger charge is -2.04. The number of aromatic nitrogens is 2. The Balaban J connectivity index is 3.03. The Morgan fingerprint density at radius 2 is 2.06 bits per heavy atom. The minimum Gasteiger partial charge on any atom is -0.464 e. The molecule has 0 saturated carbocycles. The molecule has 0 fully saturated rings. The summed E-state index contributed by atoms with van der Waals surface area (Å²) in [6.07, 6.45) is -1.50. The van der Waals surface area contributed by atoms with Gasteiger partial charge in [-0.05, 0) is 23.7 Å². The van der Waals surface area contributed by atoms with E-state index < -0.39 is 16.9 Å². The molecule has 0 atom stereocenters. The van der Waals surface area contributed by atoms with Gasteiger partial charge in [-0.3, -0.25) is 4.79 Å². The van der Waals surface area contributed by atoms with Crippen molar-refractivity contribution in [1.82, 2.24) is 9.55 Å². The molecule has 5 nitrogen and oxygen atoms in total. The van der Waals surface area contributed by atoms with Crippen molar-refractivity contribution in [2.45, 2.75) is 0 Å². The summed E-state index contributed by atoms with van der Waals surface area (Å²) in [6, 6.07) is 4.60. The predicted octanol–water partition coefficient (Wildman–Crippen LogP) is 2.23. The number of fused-ring (bicyclic) bond motifs is 1. The summed E-state index contributed by atoms with van der Waals surface area (Å²) in [7, 11) is 0. The maximum atomic E-state index is 11.8. The quantitative estimate of drug-likeness (QED) is 0.736. The van der Waals surface area contributed by atoms with Crippen LogP contribution in [0.4, 0.5) is 4.79 Å². The molecule has 0 radical (unpaired) electrons. The molecule has 0 aliphatic heterocycles. The van der Waals surface area contributed by atoms with Crippen LogP contribution in [0.5, 0.6) is 0 Å². The van der Waals surface area contributed by atoms with Crippen LogP contribution in [-0.2, 0) is 0 Å². The Morgan fingerprint density at radius 1 is 1.38 bits per heavy atom. The zero-order valence-corrected chi connectivity index (χ0v) is 9.16. The maximum absolute atomic E-state index is 11.8. The van der Waals surface area contributed by atoms with Gasteiger partial charge in [-0.25, -0.2) is 9.78 Å². The van der Waals surface area contributed by atoms with Gasteiger partial charge in [-0.1, -0.05) is 17.7 Å². The smallest absolute Gasteiger partial charge is 0.421 e. The van der Waals surface area contributed by atoms with Crippen LogP contribution in [0.15, 0.2) is 23.0 Å². The molecule has 82 valence electrons. The molecule has 0 aliphatic rings. The molecule has 2 aromatic rings. The minimum atomic E-state index is -1.50. The van der Waals surface area contributed by atoms with E-state index in [4.69, 9.17) is 28.3 Å². The lowest BCUT2D eigenvalue weighted by molar-refractivity contribution is 0.195. The monoisotopic (exact) mass is 258 g/mol. The second kappa shape index (κ2) is 3.77. The van der Waals surface area contributed by atoms with Crippen LogP contribution in [0.3, 0.4) is 0 Å². The number of nitrogens with zero attached hydrogens (tertiary/aromatic N) is 2. The van der Waals surface area contributed by atoms with Crippen LogP contribution in [0.2, 0.25) is 10.3 Å². The summed E-state index contributed by atoms with van der Waals surface area (Å²) in [5, 5.41) is 8.56. The predicted molar refractivity (Wildman–Crippen MR) is 59.4 cm³/mol. The van der Waals surface area contributed by atoms with Gasteiger partial charge in [0.1, 0.15) is 0 Å². The van der Waals surface area contributed by atoms with E-state index in [-0.39, 0.29) is 15.9 Å². The molecule has 0 aliphatic carbocycles. The van der Waals surface area contributed by atoms with Crippen molar-refractivity contribution in [2.75, 3.05) is 0 Å². The Morgan fingerprint density at radius 3 is 2.69 bits per heavy atom. The Kier molecular flexibility index (Phi) is 2.57. The van der Waals surface area contributed by atoms with Crippen molar-refractivity contribution in [3.8, 4) is 0 Å². The average Bonchev–Trinajstić information content (AvgIpc) is 2.15. The lowest BCUT2D eigenvalue weighted by Crippen LogP contribution is -2.27. The number of hydrogen-bond donors (Lipinski definition) is 1. The highest BCUT2D eigenvalue weighted by Gasteiger charge is 2.15. The number of rotatable bonds is 0. The fraction of sp³-hybridized carbons (Fsp3) is 0. The fourth-order valence-corrected chi connectivity index (χ4v) is 1.82. The summed E-state index contributed by atoms with van der Waals surface area (Å²) < 4.78 is 0.343. The number of carbonyl (C=O) groups is 1. The van der Waals surface area contributed by atoms with Crippen molar-refractivity contribution in [1.29, 1.82) is 0 Å². The number of carboxylic acid groups (broad SMARTS) is 1. The van der Waals surface area contributed by atoms with E-state index in [1.165, 1.54) is 12.1 Å². The molecule has 0 spiro atoms. The molecule has 1 aromatic heterocycles. The summed E-state index contributed by atoms with van der Waals surface area (Å²) in [4.78, 5) is 26.4. The van der Waals surface area contributed by atoms with Gasteiger partial charge in [-0.2, -0.15) is 4.57 Å². The SMILES string of the molecule is O=C(O)n1c(Cl)nc2cccc(Cl)c2c1=O. The summed E-state index contributed by atoms with van der Waals surface area (Å²) >= 11 is 11.4. The zero-order valence-electron chi connectivity index (χ0n) is 7.65. The molecule has 0 unspecified atom stereocenters. The molecule has 1 N–H and O–H groups in total. The van der Waals surface area contributed by atoms with Crippen LogP contribution in [0.1, 0.15) is 0 Å². The van der Waals surface area contributed by atoms with E-state index in [1.54, 1.807) is 6.07 Å².